The topological polar surface area (TPSA) is 62.3 Å². The van der Waals surface area contributed by atoms with Gasteiger partial charge in [0, 0.05) is 30.5 Å². The number of anilines is 1. The molecular weight excluding hydrogens is 497 g/mol. The van der Waals surface area contributed by atoms with E-state index in [2.05, 4.69) is 35.6 Å². The molecule has 0 aliphatic rings. The average Bonchev–Trinajstić information content (AvgIpc) is 3.16. The van der Waals surface area contributed by atoms with E-state index in [1.807, 2.05) is 30.3 Å². The fourth-order valence-corrected chi connectivity index (χ4v) is 5.73. The molecule has 1 aromatic heterocycles. The third-order valence-corrected chi connectivity index (χ3v) is 7.71. The first-order valence-corrected chi connectivity index (χ1v) is 13.5. The van der Waals surface area contributed by atoms with Crippen molar-refractivity contribution in [1.29, 1.82) is 0 Å². The zero-order valence-electron chi connectivity index (χ0n) is 18.8. The van der Waals surface area contributed by atoms with Gasteiger partial charge in [0.25, 0.3) is 0 Å². The molecule has 176 valence electrons. The van der Waals surface area contributed by atoms with Crippen molar-refractivity contribution >= 4 is 56.6 Å². The van der Waals surface area contributed by atoms with E-state index in [0.29, 0.717) is 34.8 Å². The summed E-state index contributed by atoms with van der Waals surface area (Å²) in [5.41, 5.74) is 2.94. The third kappa shape index (κ3) is 7.54. The van der Waals surface area contributed by atoms with Gasteiger partial charge in [0.15, 0.2) is 5.13 Å². The standard InChI is InChI=1S/C24H27Cl2N3O2S2/c1-16(2)13-22-23(19-9-10-20(25)21(26)14-19)27-24(32-22)29(11-12-33(31)28-17(3)30)15-18-7-5-4-6-8-18/h4-10,14,16H,11-13,15H2,1-3H3,(H,28,30). The molecule has 1 atom stereocenters. The summed E-state index contributed by atoms with van der Waals surface area (Å²) in [5.74, 6) is 0.445. The number of nitrogens with zero attached hydrogens (tertiary/aromatic N) is 2. The molecule has 9 heteroatoms. The summed E-state index contributed by atoms with van der Waals surface area (Å²) in [6.45, 7) is 6.82. The van der Waals surface area contributed by atoms with Crippen molar-refractivity contribution in [2.24, 2.45) is 5.92 Å². The smallest absolute Gasteiger partial charge is 0.228 e. The Labute approximate surface area is 211 Å². The van der Waals surface area contributed by atoms with E-state index in [9.17, 15) is 9.00 Å². The minimum Gasteiger partial charge on any atom is -0.343 e. The van der Waals surface area contributed by atoms with Gasteiger partial charge < -0.3 is 4.90 Å². The van der Waals surface area contributed by atoms with Crippen LogP contribution in [0.2, 0.25) is 10.0 Å². The van der Waals surface area contributed by atoms with Crippen molar-refractivity contribution in [1.82, 2.24) is 9.71 Å². The Morgan fingerprint density at radius 2 is 1.88 bits per heavy atom. The molecule has 2 aromatic carbocycles. The van der Waals surface area contributed by atoms with Crippen LogP contribution in [-0.4, -0.2) is 27.4 Å². The number of hydrogen-bond acceptors (Lipinski definition) is 5. The van der Waals surface area contributed by atoms with E-state index in [4.69, 9.17) is 28.2 Å². The van der Waals surface area contributed by atoms with Crippen molar-refractivity contribution in [3.63, 3.8) is 0 Å². The highest BCUT2D eigenvalue weighted by Gasteiger charge is 2.20. The Morgan fingerprint density at radius 3 is 2.52 bits per heavy atom. The Morgan fingerprint density at radius 1 is 1.15 bits per heavy atom. The highest BCUT2D eigenvalue weighted by molar-refractivity contribution is 7.83. The van der Waals surface area contributed by atoms with Gasteiger partial charge in [-0.2, -0.15) is 0 Å². The molecule has 1 unspecified atom stereocenters. The van der Waals surface area contributed by atoms with Crippen LogP contribution in [0.5, 0.6) is 0 Å². The van der Waals surface area contributed by atoms with Gasteiger partial charge in [0.05, 0.1) is 21.5 Å². The fraction of sp³-hybridized carbons (Fsp3) is 0.333. The molecule has 0 fully saturated rings. The van der Waals surface area contributed by atoms with Crippen LogP contribution in [0.3, 0.4) is 0 Å². The Bertz CT molecular complexity index is 1120. The predicted octanol–water partition coefficient (Wildman–Crippen LogP) is 6.12. The zero-order chi connectivity index (χ0) is 24.0. The van der Waals surface area contributed by atoms with Crippen LogP contribution in [0, 0.1) is 5.92 Å². The highest BCUT2D eigenvalue weighted by atomic mass is 35.5. The van der Waals surface area contributed by atoms with Gasteiger partial charge in [-0.25, -0.2) is 9.19 Å². The molecule has 0 aliphatic carbocycles. The maximum atomic E-state index is 12.3. The zero-order valence-corrected chi connectivity index (χ0v) is 22.0. The molecule has 0 radical (unpaired) electrons. The molecule has 3 rings (SSSR count). The number of hydrogen-bond donors (Lipinski definition) is 1. The lowest BCUT2D eigenvalue weighted by Gasteiger charge is -2.22. The number of thiazole rings is 1. The lowest BCUT2D eigenvalue weighted by molar-refractivity contribution is -0.117. The number of aromatic nitrogens is 1. The van der Waals surface area contributed by atoms with Crippen molar-refractivity contribution in [3.05, 3.63) is 69.0 Å². The quantitative estimate of drug-likeness (QED) is 0.347. The maximum Gasteiger partial charge on any atom is 0.228 e. The number of rotatable bonds is 10. The van der Waals surface area contributed by atoms with Crippen LogP contribution >= 0.6 is 34.5 Å². The summed E-state index contributed by atoms with van der Waals surface area (Å²) in [5, 5.41) is 1.84. The second-order valence-corrected chi connectivity index (χ2v) is 11.3. The number of carbonyl (C=O) groups is 1. The number of halogens is 2. The Kier molecular flexibility index (Phi) is 9.32. The third-order valence-electron chi connectivity index (χ3n) is 4.76. The van der Waals surface area contributed by atoms with Gasteiger partial charge in [-0.05, 0) is 30.0 Å². The van der Waals surface area contributed by atoms with Crippen LogP contribution in [0.25, 0.3) is 11.3 Å². The molecule has 5 nitrogen and oxygen atoms in total. The van der Waals surface area contributed by atoms with Crippen LogP contribution in [0.15, 0.2) is 48.5 Å². The molecule has 3 aromatic rings. The van der Waals surface area contributed by atoms with Gasteiger partial charge in [-0.15, -0.1) is 11.3 Å². The first-order valence-electron chi connectivity index (χ1n) is 10.6. The first kappa shape index (κ1) is 25.7. The maximum absolute atomic E-state index is 12.3. The Hall–Kier alpha value is -1.93. The molecule has 0 bridgehead atoms. The second kappa shape index (κ2) is 12.0. The minimum absolute atomic E-state index is 0.299. The van der Waals surface area contributed by atoms with E-state index >= 15 is 0 Å². The van der Waals surface area contributed by atoms with Crippen molar-refractivity contribution in [2.75, 3.05) is 17.2 Å². The van der Waals surface area contributed by atoms with Crippen molar-refractivity contribution in [3.8, 4) is 11.3 Å². The Balaban J connectivity index is 1.96. The predicted molar refractivity (Wildman–Crippen MR) is 140 cm³/mol. The van der Waals surface area contributed by atoms with Crippen molar-refractivity contribution < 1.29 is 9.00 Å². The molecule has 0 saturated carbocycles. The molecule has 33 heavy (non-hydrogen) atoms. The van der Waals surface area contributed by atoms with E-state index in [0.717, 1.165) is 28.4 Å². The molecule has 1 N–H and O–H groups in total. The summed E-state index contributed by atoms with van der Waals surface area (Å²) in [4.78, 5) is 19.5. The molecular formula is C24H27Cl2N3O2S2. The van der Waals surface area contributed by atoms with Crippen LogP contribution in [0.1, 0.15) is 31.2 Å². The SMILES string of the molecule is CC(=O)NS(=O)CCN(Cc1ccccc1)c1nc(-c2ccc(Cl)c(Cl)c2)c(CC(C)C)s1. The molecule has 0 aliphatic heterocycles. The summed E-state index contributed by atoms with van der Waals surface area (Å²) in [6.07, 6.45) is 0.879. The summed E-state index contributed by atoms with van der Waals surface area (Å²) < 4.78 is 14.7. The lowest BCUT2D eigenvalue weighted by Crippen LogP contribution is -2.32. The van der Waals surface area contributed by atoms with Crippen molar-refractivity contribution in [2.45, 2.75) is 33.7 Å². The fourth-order valence-electron chi connectivity index (χ4n) is 3.30. The molecule has 1 heterocycles. The first-order chi connectivity index (χ1) is 15.7. The van der Waals surface area contributed by atoms with Gasteiger partial charge in [-0.1, -0.05) is 73.4 Å². The van der Waals surface area contributed by atoms with Gasteiger partial charge in [0.1, 0.15) is 11.0 Å². The summed E-state index contributed by atoms with van der Waals surface area (Å²) in [7, 11) is -1.45. The molecule has 0 saturated heterocycles. The van der Waals surface area contributed by atoms with E-state index < -0.39 is 11.0 Å². The normalized spacial score (nSPS) is 12.1. The average molecular weight is 525 g/mol. The number of amides is 1. The monoisotopic (exact) mass is 523 g/mol. The van der Waals surface area contributed by atoms with E-state index in [1.54, 1.807) is 17.4 Å². The summed E-state index contributed by atoms with van der Waals surface area (Å²) >= 11 is 14.1. The second-order valence-electron chi connectivity index (χ2n) is 8.11. The lowest BCUT2D eigenvalue weighted by atomic mass is 10.0. The number of carbonyl (C=O) groups excluding carboxylic acids is 1. The van der Waals surface area contributed by atoms with Crippen LogP contribution in [-0.2, 0) is 28.7 Å². The van der Waals surface area contributed by atoms with Gasteiger partial charge in [0.2, 0.25) is 5.91 Å². The van der Waals surface area contributed by atoms with Gasteiger partial charge in [-0.3, -0.25) is 9.52 Å². The van der Waals surface area contributed by atoms with E-state index in [-0.39, 0.29) is 5.91 Å². The minimum atomic E-state index is -1.45. The van der Waals surface area contributed by atoms with Crippen LogP contribution in [0.4, 0.5) is 5.13 Å². The molecule has 1 amide bonds. The van der Waals surface area contributed by atoms with E-state index in [1.165, 1.54) is 11.8 Å². The van der Waals surface area contributed by atoms with Gasteiger partial charge >= 0.3 is 0 Å². The largest absolute Gasteiger partial charge is 0.343 e. The highest BCUT2D eigenvalue weighted by Crippen LogP contribution is 2.37. The van der Waals surface area contributed by atoms with Crippen LogP contribution < -0.4 is 9.62 Å². The molecule has 0 spiro atoms. The number of benzene rings is 2. The number of nitrogens with one attached hydrogen (secondary N) is 1. The summed E-state index contributed by atoms with van der Waals surface area (Å²) in [6, 6.07) is 15.7.